The summed E-state index contributed by atoms with van der Waals surface area (Å²) in [5.41, 5.74) is 6.34. The Labute approximate surface area is 101 Å². The summed E-state index contributed by atoms with van der Waals surface area (Å²) in [6.07, 6.45) is 10.6. The first-order valence-electron chi connectivity index (χ1n) is 6.51. The van der Waals surface area contributed by atoms with E-state index in [1.807, 2.05) is 0 Å². The van der Waals surface area contributed by atoms with E-state index in [1.165, 1.54) is 25.7 Å². The molecule has 0 unspecified atom stereocenters. The molecule has 0 atom stereocenters. The predicted octanol–water partition coefficient (Wildman–Crippen LogP) is 2.10. The van der Waals surface area contributed by atoms with Crippen molar-refractivity contribution in [3.05, 3.63) is 0 Å². The molecule has 0 heterocycles. The fourth-order valence-corrected chi connectivity index (χ4v) is 2.68. The van der Waals surface area contributed by atoms with Crippen molar-refractivity contribution in [3.8, 4) is 12.3 Å². The number of hydrogen-bond donors (Lipinski definition) is 1. The Balaban J connectivity index is 2.56. The Morgan fingerprint density at radius 2 is 2.06 bits per heavy atom. The van der Waals surface area contributed by atoms with Crippen LogP contribution >= 0.6 is 0 Å². The van der Waals surface area contributed by atoms with Crippen molar-refractivity contribution in [2.75, 3.05) is 26.2 Å². The van der Waals surface area contributed by atoms with E-state index in [0.717, 1.165) is 32.1 Å². The van der Waals surface area contributed by atoms with E-state index in [4.69, 9.17) is 12.2 Å². The van der Waals surface area contributed by atoms with Crippen LogP contribution in [0.1, 0.15) is 39.5 Å². The summed E-state index contributed by atoms with van der Waals surface area (Å²) in [6.45, 7) is 8.19. The van der Waals surface area contributed by atoms with Crippen LogP contribution in [0.5, 0.6) is 0 Å². The minimum absolute atomic E-state index is 0.333. The van der Waals surface area contributed by atoms with Crippen molar-refractivity contribution < 1.29 is 0 Å². The van der Waals surface area contributed by atoms with Gasteiger partial charge in [0.1, 0.15) is 0 Å². The van der Waals surface area contributed by atoms with E-state index < -0.39 is 0 Å². The highest BCUT2D eigenvalue weighted by Gasteiger charge is 2.34. The second-order valence-corrected chi connectivity index (χ2v) is 5.39. The zero-order valence-electron chi connectivity index (χ0n) is 10.8. The van der Waals surface area contributed by atoms with Gasteiger partial charge in [-0.05, 0) is 37.3 Å². The Bertz CT molecular complexity index is 234. The summed E-state index contributed by atoms with van der Waals surface area (Å²) < 4.78 is 0. The summed E-state index contributed by atoms with van der Waals surface area (Å²) in [5.74, 6) is 3.62. The van der Waals surface area contributed by atoms with Gasteiger partial charge in [0.15, 0.2) is 0 Å². The standard InChI is InChI=1S/C14H26N2/c1-4-10-16(5-2)12-14(11-15)8-6-13(3)7-9-14/h1,13H,5-12,15H2,2-3H3. The van der Waals surface area contributed by atoms with Crippen LogP contribution in [0.3, 0.4) is 0 Å². The second kappa shape index (κ2) is 6.27. The van der Waals surface area contributed by atoms with Gasteiger partial charge < -0.3 is 5.73 Å². The zero-order chi connectivity index (χ0) is 12.0. The van der Waals surface area contributed by atoms with Gasteiger partial charge in [0.05, 0.1) is 6.54 Å². The third-order valence-corrected chi connectivity index (χ3v) is 4.09. The molecule has 0 saturated heterocycles. The lowest BCUT2D eigenvalue weighted by Crippen LogP contribution is -2.44. The van der Waals surface area contributed by atoms with E-state index in [2.05, 4.69) is 24.7 Å². The highest BCUT2D eigenvalue weighted by Crippen LogP contribution is 2.38. The second-order valence-electron chi connectivity index (χ2n) is 5.39. The lowest BCUT2D eigenvalue weighted by atomic mass is 9.70. The van der Waals surface area contributed by atoms with Crippen molar-refractivity contribution in [1.82, 2.24) is 4.90 Å². The van der Waals surface area contributed by atoms with E-state index >= 15 is 0 Å². The van der Waals surface area contributed by atoms with Gasteiger partial charge in [-0.2, -0.15) is 0 Å². The zero-order valence-corrected chi connectivity index (χ0v) is 10.8. The molecule has 0 aromatic carbocycles. The van der Waals surface area contributed by atoms with Crippen LogP contribution in [0, 0.1) is 23.7 Å². The first kappa shape index (κ1) is 13.5. The van der Waals surface area contributed by atoms with E-state index in [9.17, 15) is 0 Å². The van der Waals surface area contributed by atoms with Crippen molar-refractivity contribution >= 4 is 0 Å². The lowest BCUT2D eigenvalue weighted by Gasteiger charge is -2.41. The molecule has 1 rings (SSSR count). The summed E-state index contributed by atoms with van der Waals surface area (Å²) in [6, 6.07) is 0. The smallest absolute Gasteiger partial charge is 0.0599 e. The molecule has 2 N–H and O–H groups in total. The van der Waals surface area contributed by atoms with Gasteiger partial charge in [0.2, 0.25) is 0 Å². The molecular formula is C14H26N2. The normalized spacial score (nSPS) is 30.3. The average Bonchev–Trinajstić information content (AvgIpc) is 2.32. The molecule has 0 radical (unpaired) electrons. The van der Waals surface area contributed by atoms with Gasteiger partial charge in [-0.25, -0.2) is 0 Å². The number of hydrogen-bond acceptors (Lipinski definition) is 2. The van der Waals surface area contributed by atoms with Crippen LogP contribution in [0.25, 0.3) is 0 Å². The average molecular weight is 222 g/mol. The molecule has 0 bridgehead atoms. The summed E-state index contributed by atoms with van der Waals surface area (Å²) >= 11 is 0. The van der Waals surface area contributed by atoms with E-state index in [0.29, 0.717) is 5.41 Å². The largest absolute Gasteiger partial charge is 0.330 e. The molecule has 0 amide bonds. The third-order valence-electron chi connectivity index (χ3n) is 4.09. The number of nitrogens with zero attached hydrogens (tertiary/aromatic N) is 1. The summed E-state index contributed by atoms with van der Waals surface area (Å²) in [5, 5.41) is 0. The van der Waals surface area contributed by atoms with Crippen LogP contribution in [-0.4, -0.2) is 31.1 Å². The van der Waals surface area contributed by atoms with Crippen molar-refractivity contribution in [2.45, 2.75) is 39.5 Å². The minimum Gasteiger partial charge on any atom is -0.330 e. The van der Waals surface area contributed by atoms with Crippen LogP contribution in [0.4, 0.5) is 0 Å². The van der Waals surface area contributed by atoms with Crippen molar-refractivity contribution in [1.29, 1.82) is 0 Å². The molecule has 2 heteroatoms. The molecule has 0 aliphatic heterocycles. The molecule has 1 aliphatic rings. The lowest BCUT2D eigenvalue weighted by molar-refractivity contribution is 0.105. The highest BCUT2D eigenvalue weighted by molar-refractivity contribution is 4.93. The van der Waals surface area contributed by atoms with Crippen LogP contribution < -0.4 is 5.73 Å². The predicted molar refractivity (Wildman–Crippen MR) is 70.1 cm³/mol. The van der Waals surface area contributed by atoms with Gasteiger partial charge in [0.25, 0.3) is 0 Å². The molecule has 1 fully saturated rings. The van der Waals surface area contributed by atoms with E-state index in [1.54, 1.807) is 0 Å². The van der Waals surface area contributed by atoms with Gasteiger partial charge in [-0.15, -0.1) is 6.42 Å². The molecule has 0 aromatic rings. The fraction of sp³-hybridized carbons (Fsp3) is 0.857. The molecule has 0 spiro atoms. The van der Waals surface area contributed by atoms with Crippen molar-refractivity contribution in [3.63, 3.8) is 0 Å². The molecule has 1 saturated carbocycles. The van der Waals surface area contributed by atoms with Gasteiger partial charge in [-0.1, -0.05) is 32.6 Å². The topological polar surface area (TPSA) is 29.3 Å². The quantitative estimate of drug-likeness (QED) is 0.722. The Morgan fingerprint density at radius 1 is 1.44 bits per heavy atom. The maximum absolute atomic E-state index is 6.00. The Kier molecular flexibility index (Phi) is 5.31. The molecule has 2 nitrogen and oxygen atoms in total. The number of terminal acetylenes is 1. The molecular weight excluding hydrogens is 196 g/mol. The Hall–Kier alpha value is -0.520. The molecule has 1 aliphatic carbocycles. The Morgan fingerprint density at radius 3 is 2.50 bits per heavy atom. The third kappa shape index (κ3) is 3.50. The van der Waals surface area contributed by atoms with Gasteiger partial charge in [-0.3, -0.25) is 4.90 Å². The molecule has 92 valence electrons. The highest BCUT2D eigenvalue weighted by atomic mass is 15.1. The van der Waals surface area contributed by atoms with E-state index in [-0.39, 0.29) is 0 Å². The van der Waals surface area contributed by atoms with Crippen molar-refractivity contribution in [2.24, 2.45) is 17.1 Å². The first-order valence-corrected chi connectivity index (χ1v) is 6.51. The number of nitrogens with two attached hydrogens (primary N) is 1. The summed E-state index contributed by atoms with van der Waals surface area (Å²) in [7, 11) is 0. The van der Waals surface area contributed by atoms with Gasteiger partial charge >= 0.3 is 0 Å². The SMILES string of the molecule is C#CCN(CC)CC1(CN)CCC(C)CC1. The van der Waals surface area contributed by atoms with Crippen LogP contribution in [0.15, 0.2) is 0 Å². The number of rotatable bonds is 5. The maximum atomic E-state index is 6.00. The first-order chi connectivity index (χ1) is 7.65. The summed E-state index contributed by atoms with van der Waals surface area (Å²) in [4.78, 5) is 2.35. The molecule has 16 heavy (non-hydrogen) atoms. The monoisotopic (exact) mass is 222 g/mol. The fourth-order valence-electron chi connectivity index (χ4n) is 2.68. The molecule has 0 aromatic heterocycles. The van der Waals surface area contributed by atoms with Gasteiger partial charge in [0, 0.05) is 6.54 Å². The van der Waals surface area contributed by atoms with Crippen LogP contribution in [0.2, 0.25) is 0 Å². The van der Waals surface area contributed by atoms with Crippen LogP contribution in [-0.2, 0) is 0 Å². The maximum Gasteiger partial charge on any atom is 0.0599 e. The minimum atomic E-state index is 0.333.